The van der Waals surface area contributed by atoms with Crippen molar-refractivity contribution in [3.05, 3.63) is 29.8 Å². The van der Waals surface area contributed by atoms with Gasteiger partial charge in [-0.2, -0.15) is 0 Å². The van der Waals surface area contributed by atoms with Gasteiger partial charge in [-0.05, 0) is 44.9 Å². The minimum absolute atomic E-state index is 0.0597. The fraction of sp³-hybridized carbons (Fsp3) is 0.529. The monoisotopic (exact) mass is 320 g/mol. The summed E-state index contributed by atoms with van der Waals surface area (Å²) >= 11 is 0. The fourth-order valence-electron chi connectivity index (χ4n) is 2.59. The van der Waals surface area contributed by atoms with E-state index in [0.29, 0.717) is 30.9 Å². The van der Waals surface area contributed by atoms with Crippen molar-refractivity contribution in [2.45, 2.75) is 32.8 Å². The molecule has 1 aromatic rings. The lowest BCUT2D eigenvalue weighted by Gasteiger charge is -2.24. The zero-order valence-corrected chi connectivity index (χ0v) is 13.7. The molecule has 6 nitrogen and oxygen atoms in total. The Balaban J connectivity index is 2.03. The molecular weight excluding hydrogens is 296 g/mol. The van der Waals surface area contributed by atoms with Crippen molar-refractivity contribution in [3.63, 3.8) is 0 Å². The largest absolute Gasteiger partial charge is 0.450 e. The highest BCUT2D eigenvalue weighted by Crippen LogP contribution is 2.17. The number of hydrogen-bond acceptors (Lipinski definition) is 4. The standard InChI is InChI=1S/C17H24N2O4/c1-3-19(12-15-9-6-10-23-15)16(20)13-7-5-8-14(11-13)18-17(21)22-4-2/h5,7-8,11,15H,3-4,6,9-10,12H2,1-2H3,(H,18,21)/t15-/m0/s1. The van der Waals surface area contributed by atoms with Crippen LogP contribution in [-0.4, -0.2) is 49.3 Å². The Hall–Kier alpha value is -2.08. The smallest absolute Gasteiger partial charge is 0.411 e. The molecule has 1 aliphatic rings. The molecule has 0 unspecified atom stereocenters. The Kier molecular flexibility index (Phi) is 6.40. The average Bonchev–Trinajstić information content (AvgIpc) is 3.05. The van der Waals surface area contributed by atoms with E-state index in [9.17, 15) is 9.59 Å². The van der Waals surface area contributed by atoms with E-state index in [2.05, 4.69) is 5.32 Å². The van der Waals surface area contributed by atoms with Crippen molar-refractivity contribution in [1.29, 1.82) is 0 Å². The van der Waals surface area contributed by atoms with E-state index < -0.39 is 6.09 Å². The Morgan fingerprint density at radius 2 is 2.22 bits per heavy atom. The highest BCUT2D eigenvalue weighted by Gasteiger charge is 2.22. The molecule has 1 N–H and O–H groups in total. The highest BCUT2D eigenvalue weighted by molar-refractivity contribution is 5.96. The van der Waals surface area contributed by atoms with Crippen LogP contribution >= 0.6 is 0 Å². The average molecular weight is 320 g/mol. The summed E-state index contributed by atoms with van der Waals surface area (Å²) in [5.41, 5.74) is 1.08. The van der Waals surface area contributed by atoms with E-state index in [1.165, 1.54) is 0 Å². The topological polar surface area (TPSA) is 67.9 Å². The highest BCUT2D eigenvalue weighted by atomic mass is 16.5. The maximum atomic E-state index is 12.7. The summed E-state index contributed by atoms with van der Waals surface area (Å²) in [6.45, 7) is 5.99. The second kappa shape index (κ2) is 8.53. The van der Waals surface area contributed by atoms with Crippen LogP contribution in [0.4, 0.5) is 10.5 Å². The molecule has 2 amide bonds. The lowest BCUT2D eigenvalue weighted by molar-refractivity contribution is 0.0539. The normalized spacial score (nSPS) is 16.9. The van der Waals surface area contributed by atoms with Gasteiger partial charge in [-0.1, -0.05) is 6.07 Å². The summed E-state index contributed by atoms with van der Waals surface area (Å²) in [4.78, 5) is 25.9. The number of rotatable bonds is 6. The fourth-order valence-corrected chi connectivity index (χ4v) is 2.59. The van der Waals surface area contributed by atoms with Crippen LogP contribution < -0.4 is 5.32 Å². The molecule has 0 aromatic heterocycles. The number of nitrogens with zero attached hydrogens (tertiary/aromatic N) is 1. The van der Waals surface area contributed by atoms with Gasteiger partial charge in [-0.3, -0.25) is 10.1 Å². The third-order valence-electron chi connectivity index (χ3n) is 3.75. The van der Waals surface area contributed by atoms with Gasteiger partial charge in [0, 0.05) is 30.9 Å². The summed E-state index contributed by atoms with van der Waals surface area (Å²) in [5, 5.41) is 2.61. The first-order chi connectivity index (χ1) is 11.1. The number of nitrogens with one attached hydrogen (secondary N) is 1. The van der Waals surface area contributed by atoms with Crippen molar-refractivity contribution in [3.8, 4) is 0 Å². The second-order valence-electron chi connectivity index (χ2n) is 5.41. The van der Waals surface area contributed by atoms with Crippen LogP contribution in [-0.2, 0) is 9.47 Å². The first-order valence-corrected chi connectivity index (χ1v) is 8.08. The molecule has 1 saturated heterocycles. The number of anilines is 1. The predicted molar refractivity (Wildman–Crippen MR) is 87.6 cm³/mol. The van der Waals surface area contributed by atoms with Crippen LogP contribution in [0.1, 0.15) is 37.0 Å². The van der Waals surface area contributed by atoms with Gasteiger partial charge in [0.2, 0.25) is 0 Å². The molecule has 1 fully saturated rings. The zero-order chi connectivity index (χ0) is 16.7. The van der Waals surface area contributed by atoms with Crippen LogP contribution in [0.25, 0.3) is 0 Å². The molecule has 1 aromatic carbocycles. The Morgan fingerprint density at radius 3 is 2.87 bits per heavy atom. The molecule has 1 aliphatic heterocycles. The van der Waals surface area contributed by atoms with Gasteiger partial charge in [0.15, 0.2) is 0 Å². The van der Waals surface area contributed by atoms with Crippen LogP contribution in [0.2, 0.25) is 0 Å². The summed E-state index contributed by atoms with van der Waals surface area (Å²) in [5.74, 6) is -0.0597. The second-order valence-corrected chi connectivity index (χ2v) is 5.41. The van der Waals surface area contributed by atoms with Crippen molar-refractivity contribution >= 4 is 17.7 Å². The van der Waals surface area contributed by atoms with E-state index >= 15 is 0 Å². The molecule has 0 bridgehead atoms. The van der Waals surface area contributed by atoms with Gasteiger partial charge in [0.1, 0.15) is 0 Å². The molecule has 0 aliphatic carbocycles. The SMILES string of the molecule is CCOC(=O)Nc1cccc(C(=O)N(CC)C[C@@H]2CCCO2)c1. The summed E-state index contributed by atoms with van der Waals surface area (Å²) in [7, 11) is 0. The molecule has 2 rings (SSSR count). The van der Waals surface area contributed by atoms with Crippen molar-refractivity contribution in [2.24, 2.45) is 0 Å². The van der Waals surface area contributed by atoms with Crippen LogP contribution in [0.15, 0.2) is 24.3 Å². The minimum Gasteiger partial charge on any atom is -0.450 e. The summed E-state index contributed by atoms with van der Waals surface area (Å²) in [6, 6.07) is 6.88. The molecule has 6 heteroatoms. The third kappa shape index (κ3) is 4.96. The number of amides is 2. The van der Waals surface area contributed by atoms with Crippen LogP contribution in [0, 0.1) is 0 Å². The predicted octanol–water partition coefficient (Wildman–Crippen LogP) is 2.90. The van der Waals surface area contributed by atoms with Gasteiger partial charge < -0.3 is 14.4 Å². The number of carbonyl (C=O) groups is 2. The molecular formula is C17H24N2O4. The summed E-state index contributed by atoms with van der Waals surface area (Å²) in [6.07, 6.45) is 1.65. The molecule has 0 spiro atoms. The lowest BCUT2D eigenvalue weighted by atomic mass is 10.1. The first-order valence-electron chi connectivity index (χ1n) is 8.08. The van der Waals surface area contributed by atoms with Gasteiger partial charge in [0.05, 0.1) is 12.7 Å². The quantitative estimate of drug-likeness (QED) is 0.875. The third-order valence-corrected chi connectivity index (χ3v) is 3.75. The Labute approximate surface area is 136 Å². The number of hydrogen-bond donors (Lipinski definition) is 1. The number of carbonyl (C=O) groups excluding carboxylic acids is 2. The molecule has 0 radical (unpaired) electrons. The number of likely N-dealkylation sites (N-methyl/N-ethyl adjacent to an activating group) is 1. The summed E-state index contributed by atoms with van der Waals surface area (Å²) < 4.78 is 10.4. The lowest BCUT2D eigenvalue weighted by Crippen LogP contribution is -2.37. The van der Waals surface area contributed by atoms with E-state index in [4.69, 9.17) is 9.47 Å². The van der Waals surface area contributed by atoms with Crippen LogP contribution in [0.3, 0.4) is 0 Å². The Morgan fingerprint density at radius 1 is 1.39 bits per heavy atom. The molecule has 23 heavy (non-hydrogen) atoms. The number of ether oxygens (including phenoxy) is 2. The van der Waals surface area contributed by atoms with Gasteiger partial charge >= 0.3 is 6.09 Å². The van der Waals surface area contributed by atoms with Crippen LogP contribution in [0.5, 0.6) is 0 Å². The van der Waals surface area contributed by atoms with Gasteiger partial charge in [-0.25, -0.2) is 4.79 Å². The molecule has 1 atom stereocenters. The maximum absolute atomic E-state index is 12.7. The maximum Gasteiger partial charge on any atom is 0.411 e. The zero-order valence-electron chi connectivity index (χ0n) is 13.7. The molecule has 1 heterocycles. The first kappa shape index (κ1) is 17.3. The van der Waals surface area contributed by atoms with Crippen molar-refractivity contribution in [2.75, 3.05) is 31.6 Å². The van der Waals surface area contributed by atoms with Crippen molar-refractivity contribution < 1.29 is 19.1 Å². The van der Waals surface area contributed by atoms with Crippen molar-refractivity contribution in [1.82, 2.24) is 4.90 Å². The van der Waals surface area contributed by atoms with E-state index in [1.54, 1.807) is 36.1 Å². The molecule has 0 saturated carbocycles. The van der Waals surface area contributed by atoms with Gasteiger partial charge in [-0.15, -0.1) is 0 Å². The molecule has 126 valence electrons. The van der Waals surface area contributed by atoms with E-state index in [-0.39, 0.29) is 12.0 Å². The Bertz CT molecular complexity index is 541. The minimum atomic E-state index is -0.524. The van der Waals surface area contributed by atoms with E-state index in [1.807, 2.05) is 6.92 Å². The van der Waals surface area contributed by atoms with E-state index in [0.717, 1.165) is 19.4 Å². The number of benzene rings is 1. The van der Waals surface area contributed by atoms with Gasteiger partial charge in [0.25, 0.3) is 5.91 Å².